The number of aliphatic hydroxyl groups excluding tert-OH is 1. The van der Waals surface area contributed by atoms with E-state index in [1.54, 1.807) is 0 Å². The number of fused-ring (bicyclic) bond motifs is 2. The van der Waals surface area contributed by atoms with E-state index in [-0.39, 0.29) is 6.61 Å². The number of hydrogen-bond donors (Lipinski definition) is 1. The molecule has 0 radical (unpaired) electrons. The first kappa shape index (κ1) is 14.0. The van der Waals surface area contributed by atoms with Crippen molar-refractivity contribution < 1.29 is 5.11 Å². The van der Waals surface area contributed by atoms with Crippen molar-refractivity contribution in [2.75, 3.05) is 0 Å². The molecule has 3 nitrogen and oxygen atoms in total. The highest BCUT2D eigenvalue weighted by Crippen LogP contribution is 2.23. The van der Waals surface area contributed by atoms with E-state index in [0.29, 0.717) is 6.54 Å². The zero-order chi connectivity index (χ0) is 15.8. The number of benzene rings is 2. The Morgan fingerprint density at radius 3 is 2.78 bits per heavy atom. The molecule has 4 aromatic rings. The van der Waals surface area contributed by atoms with Crippen molar-refractivity contribution >= 4 is 21.8 Å². The molecule has 0 atom stereocenters. The van der Waals surface area contributed by atoms with Gasteiger partial charge in [0.05, 0.1) is 24.4 Å². The van der Waals surface area contributed by atoms with Crippen LogP contribution in [0.1, 0.15) is 16.8 Å². The van der Waals surface area contributed by atoms with E-state index < -0.39 is 0 Å². The summed E-state index contributed by atoms with van der Waals surface area (Å²) in [6.07, 6.45) is 2.02. The number of nitrogens with zero attached hydrogens (tertiary/aromatic N) is 2. The van der Waals surface area contributed by atoms with Crippen LogP contribution in [0.5, 0.6) is 0 Å². The number of aliphatic hydroxyl groups is 1. The van der Waals surface area contributed by atoms with Crippen molar-refractivity contribution in [3.8, 4) is 0 Å². The molecule has 0 saturated heterocycles. The maximum Gasteiger partial charge on any atom is 0.0706 e. The van der Waals surface area contributed by atoms with Crippen molar-refractivity contribution in [2.45, 2.75) is 20.1 Å². The van der Waals surface area contributed by atoms with E-state index in [9.17, 15) is 5.11 Å². The first-order valence-corrected chi connectivity index (χ1v) is 7.78. The van der Waals surface area contributed by atoms with Gasteiger partial charge in [0.2, 0.25) is 0 Å². The number of hydrogen-bond acceptors (Lipinski definition) is 2. The van der Waals surface area contributed by atoms with Crippen molar-refractivity contribution in [3.05, 3.63) is 77.6 Å². The van der Waals surface area contributed by atoms with Crippen LogP contribution in [0.4, 0.5) is 0 Å². The van der Waals surface area contributed by atoms with Gasteiger partial charge in [-0.3, -0.25) is 4.98 Å². The van der Waals surface area contributed by atoms with E-state index in [4.69, 9.17) is 4.98 Å². The Kier molecular flexibility index (Phi) is 3.36. The highest BCUT2D eigenvalue weighted by atomic mass is 16.3. The maximum atomic E-state index is 9.55. The molecule has 114 valence electrons. The number of aryl methyl sites for hydroxylation is 1. The van der Waals surface area contributed by atoms with Crippen LogP contribution in [0.25, 0.3) is 21.8 Å². The molecule has 2 heterocycles. The monoisotopic (exact) mass is 302 g/mol. The summed E-state index contributed by atoms with van der Waals surface area (Å²) in [5, 5.41) is 11.8. The van der Waals surface area contributed by atoms with Crippen molar-refractivity contribution in [1.29, 1.82) is 0 Å². The first-order chi connectivity index (χ1) is 11.2. The standard InChI is InChI=1S/C20H18N2O/c1-14-6-9-19-15(10-14)7-8-17(21-19)12-22-11-16(13-23)18-4-2-3-5-20(18)22/h2-11,23H,12-13H2,1H3. The van der Waals surface area contributed by atoms with Crippen LogP contribution >= 0.6 is 0 Å². The molecule has 0 aliphatic rings. The minimum absolute atomic E-state index is 0.0535. The lowest BCUT2D eigenvalue weighted by molar-refractivity contribution is 0.283. The van der Waals surface area contributed by atoms with Gasteiger partial charge < -0.3 is 9.67 Å². The van der Waals surface area contributed by atoms with Crippen molar-refractivity contribution in [3.63, 3.8) is 0 Å². The van der Waals surface area contributed by atoms with Gasteiger partial charge in [-0.15, -0.1) is 0 Å². The predicted molar refractivity (Wildman–Crippen MR) is 93.4 cm³/mol. The molecule has 0 aliphatic heterocycles. The fourth-order valence-electron chi connectivity index (χ4n) is 3.13. The zero-order valence-corrected chi connectivity index (χ0v) is 13.0. The molecule has 0 spiro atoms. The fraction of sp³-hybridized carbons (Fsp3) is 0.150. The van der Waals surface area contributed by atoms with Gasteiger partial charge in [0.15, 0.2) is 0 Å². The second-order valence-corrected chi connectivity index (χ2v) is 5.96. The summed E-state index contributed by atoms with van der Waals surface area (Å²) in [5.41, 5.74) is 5.37. The third-order valence-corrected chi connectivity index (χ3v) is 4.28. The van der Waals surface area contributed by atoms with E-state index in [2.05, 4.69) is 47.9 Å². The number of rotatable bonds is 3. The molecule has 0 unspecified atom stereocenters. The van der Waals surface area contributed by atoms with Crippen molar-refractivity contribution in [1.82, 2.24) is 9.55 Å². The number of pyridine rings is 1. The van der Waals surface area contributed by atoms with Crippen LogP contribution in [0, 0.1) is 6.92 Å². The lowest BCUT2D eigenvalue weighted by Crippen LogP contribution is -2.00. The molecule has 3 heteroatoms. The third-order valence-electron chi connectivity index (χ3n) is 4.28. The summed E-state index contributed by atoms with van der Waals surface area (Å²) in [6, 6.07) is 18.7. The molecule has 23 heavy (non-hydrogen) atoms. The second-order valence-electron chi connectivity index (χ2n) is 5.96. The van der Waals surface area contributed by atoms with E-state index in [1.165, 1.54) is 10.9 Å². The van der Waals surface area contributed by atoms with Crippen LogP contribution in [0.3, 0.4) is 0 Å². The molecular formula is C20H18N2O. The SMILES string of the molecule is Cc1ccc2nc(Cn3cc(CO)c4ccccc43)ccc2c1. The van der Waals surface area contributed by atoms with Gasteiger partial charge in [0.25, 0.3) is 0 Å². The molecule has 1 N–H and O–H groups in total. The quantitative estimate of drug-likeness (QED) is 0.620. The van der Waals surface area contributed by atoms with Gasteiger partial charge in [-0.25, -0.2) is 0 Å². The van der Waals surface area contributed by atoms with Crippen LogP contribution in [0.2, 0.25) is 0 Å². The number of para-hydroxylation sites is 1. The molecule has 2 aromatic carbocycles. The summed E-state index contributed by atoms with van der Waals surface area (Å²) < 4.78 is 2.16. The Labute approximate surface area is 134 Å². The largest absolute Gasteiger partial charge is 0.392 e. The average Bonchev–Trinajstić information content (AvgIpc) is 2.93. The van der Waals surface area contributed by atoms with E-state index in [1.807, 2.05) is 24.4 Å². The lowest BCUT2D eigenvalue weighted by Gasteiger charge is -2.07. The Bertz CT molecular complexity index is 1000. The van der Waals surface area contributed by atoms with Gasteiger partial charge in [-0.2, -0.15) is 0 Å². The van der Waals surface area contributed by atoms with Gasteiger partial charge in [0.1, 0.15) is 0 Å². The van der Waals surface area contributed by atoms with E-state index >= 15 is 0 Å². The summed E-state index contributed by atoms with van der Waals surface area (Å²) in [5.74, 6) is 0. The molecular weight excluding hydrogens is 284 g/mol. The molecule has 0 saturated carbocycles. The Morgan fingerprint density at radius 1 is 1.04 bits per heavy atom. The highest BCUT2D eigenvalue weighted by molar-refractivity contribution is 5.84. The van der Waals surface area contributed by atoms with Crippen LogP contribution in [-0.2, 0) is 13.2 Å². The molecule has 0 bridgehead atoms. The molecule has 0 aliphatic carbocycles. The second kappa shape index (κ2) is 5.52. The highest BCUT2D eigenvalue weighted by Gasteiger charge is 2.08. The first-order valence-electron chi connectivity index (χ1n) is 7.78. The number of aromatic nitrogens is 2. The van der Waals surface area contributed by atoms with Gasteiger partial charge in [-0.1, -0.05) is 35.9 Å². The lowest BCUT2D eigenvalue weighted by atomic mass is 10.1. The molecule has 0 amide bonds. The maximum absolute atomic E-state index is 9.55. The van der Waals surface area contributed by atoms with Crippen LogP contribution in [-0.4, -0.2) is 14.7 Å². The summed E-state index contributed by atoms with van der Waals surface area (Å²) in [4.78, 5) is 4.77. The van der Waals surface area contributed by atoms with Crippen LogP contribution in [0.15, 0.2) is 60.8 Å². The predicted octanol–water partition coefficient (Wildman–Crippen LogP) is 4.04. The van der Waals surface area contributed by atoms with E-state index in [0.717, 1.165) is 27.7 Å². The smallest absolute Gasteiger partial charge is 0.0706 e. The topological polar surface area (TPSA) is 38.0 Å². The Morgan fingerprint density at radius 2 is 1.91 bits per heavy atom. The third kappa shape index (κ3) is 2.49. The summed E-state index contributed by atoms with van der Waals surface area (Å²) in [6.45, 7) is 2.85. The van der Waals surface area contributed by atoms with Crippen molar-refractivity contribution in [2.24, 2.45) is 0 Å². The summed E-state index contributed by atoms with van der Waals surface area (Å²) >= 11 is 0. The minimum Gasteiger partial charge on any atom is -0.392 e. The molecule has 4 rings (SSSR count). The Balaban J connectivity index is 1.77. The summed E-state index contributed by atoms with van der Waals surface area (Å²) in [7, 11) is 0. The normalized spacial score (nSPS) is 11.4. The van der Waals surface area contributed by atoms with Gasteiger partial charge in [-0.05, 0) is 31.2 Å². The zero-order valence-electron chi connectivity index (χ0n) is 13.0. The van der Waals surface area contributed by atoms with Gasteiger partial charge in [0, 0.05) is 28.0 Å². The fourth-order valence-corrected chi connectivity index (χ4v) is 3.13. The molecule has 2 aromatic heterocycles. The minimum atomic E-state index is 0.0535. The van der Waals surface area contributed by atoms with Crippen LogP contribution < -0.4 is 0 Å². The van der Waals surface area contributed by atoms with Gasteiger partial charge >= 0.3 is 0 Å². The molecule has 0 fully saturated rings. The Hall–Kier alpha value is -2.65. The average molecular weight is 302 g/mol.